The summed E-state index contributed by atoms with van der Waals surface area (Å²) in [5, 5.41) is 0. The van der Waals surface area contributed by atoms with Crippen molar-refractivity contribution >= 4 is 5.91 Å². The van der Waals surface area contributed by atoms with Crippen LogP contribution in [0.4, 0.5) is 4.39 Å². The summed E-state index contributed by atoms with van der Waals surface area (Å²) in [4.78, 5) is 13.6. The summed E-state index contributed by atoms with van der Waals surface area (Å²) >= 11 is 0. The van der Waals surface area contributed by atoms with E-state index in [4.69, 9.17) is 0 Å². The molecule has 1 amide bonds. The Kier molecular flexibility index (Phi) is 3.22. The molecule has 16 heavy (non-hydrogen) atoms. The zero-order valence-electron chi connectivity index (χ0n) is 9.45. The van der Waals surface area contributed by atoms with Crippen LogP contribution >= 0.6 is 0 Å². The smallest absolute Gasteiger partial charge is 0.226 e. The van der Waals surface area contributed by atoms with E-state index in [1.54, 1.807) is 17.0 Å². The Labute approximate surface area is 95.1 Å². The maximum absolute atomic E-state index is 12.7. The Morgan fingerprint density at radius 2 is 2.00 bits per heavy atom. The van der Waals surface area contributed by atoms with Crippen LogP contribution in [-0.4, -0.2) is 24.4 Å². The minimum absolute atomic E-state index is 0.110. The average Bonchev–Trinajstić information content (AvgIpc) is 3.05. The van der Waals surface area contributed by atoms with Gasteiger partial charge in [0.2, 0.25) is 5.91 Å². The highest BCUT2D eigenvalue weighted by Gasteiger charge is 2.24. The summed E-state index contributed by atoms with van der Waals surface area (Å²) in [5.41, 5.74) is 0.869. The molecule has 0 radical (unpaired) electrons. The topological polar surface area (TPSA) is 20.3 Å². The molecular weight excluding hydrogens is 205 g/mol. The largest absolute Gasteiger partial charge is 0.345 e. The first-order valence-corrected chi connectivity index (χ1v) is 5.63. The average molecular weight is 221 g/mol. The minimum atomic E-state index is -0.262. The number of benzene rings is 1. The van der Waals surface area contributed by atoms with Crippen molar-refractivity contribution in [1.29, 1.82) is 0 Å². The summed E-state index contributed by atoms with van der Waals surface area (Å²) in [7, 11) is 1.84. The second kappa shape index (κ2) is 4.64. The Morgan fingerprint density at radius 3 is 2.56 bits per heavy atom. The van der Waals surface area contributed by atoms with E-state index in [-0.39, 0.29) is 11.7 Å². The van der Waals surface area contributed by atoms with E-state index in [0.29, 0.717) is 12.3 Å². The number of rotatable bonds is 4. The van der Waals surface area contributed by atoms with Gasteiger partial charge in [-0.15, -0.1) is 0 Å². The van der Waals surface area contributed by atoms with E-state index in [9.17, 15) is 9.18 Å². The lowest BCUT2D eigenvalue weighted by atomic mass is 10.1. The Hall–Kier alpha value is -1.38. The van der Waals surface area contributed by atoms with Gasteiger partial charge in [0.25, 0.3) is 0 Å². The zero-order valence-corrected chi connectivity index (χ0v) is 9.45. The molecule has 0 N–H and O–H groups in total. The number of halogens is 1. The molecule has 0 saturated heterocycles. The molecule has 1 aliphatic carbocycles. The lowest BCUT2D eigenvalue weighted by Crippen LogP contribution is -2.30. The van der Waals surface area contributed by atoms with Gasteiger partial charge in [0.05, 0.1) is 6.42 Å². The van der Waals surface area contributed by atoms with Crippen molar-refractivity contribution in [2.24, 2.45) is 5.92 Å². The lowest BCUT2D eigenvalue weighted by molar-refractivity contribution is -0.129. The maximum atomic E-state index is 12.7. The van der Waals surface area contributed by atoms with Crippen LogP contribution in [0.3, 0.4) is 0 Å². The van der Waals surface area contributed by atoms with Crippen LogP contribution in [0.25, 0.3) is 0 Å². The van der Waals surface area contributed by atoms with Crippen LogP contribution in [0.2, 0.25) is 0 Å². The Bertz CT molecular complexity index is 370. The van der Waals surface area contributed by atoms with E-state index in [0.717, 1.165) is 12.1 Å². The summed E-state index contributed by atoms with van der Waals surface area (Å²) in [6, 6.07) is 6.11. The highest BCUT2D eigenvalue weighted by Crippen LogP contribution is 2.29. The lowest BCUT2D eigenvalue weighted by Gasteiger charge is -2.16. The van der Waals surface area contributed by atoms with Crippen molar-refractivity contribution in [2.75, 3.05) is 13.6 Å². The number of carbonyl (C=O) groups excluding carboxylic acids is 1. The molecule has 0 bridgehead atoms. The quantitative estimate of drug-likeness (QED) is 0.763. The van der Waals surface area contributed by atoms with Crippen LogP contribution in [0.1, 0.15) is 18.4 Å². The summed E-state index contributed by atoms with van der Waals surface area (Å²) < 4.78 is 12.7. The van der Waals surface area contributed by atoms with Crippen molar-refractivity contribution in [2.45, 2.75) is 19.3 Å². The number of hydrogen-bond acceptors (Lipinski definition) is 1. The standard InChI is InChI=1S/C13H16FNO/c1-15(9-11-2-3-11)13(16)8-10-4-6-12(14)7-5-10/h4-7,11H,2-3,8-9H2,1H3. The molecule has 0 heterocycles. The molecule has 1 aliphatic rings. The molecule has 1 aromatic carbocycles. The van der Waals surface area contributed by atoms with E-state index in [1.807, 2.05) is 7.05 Å². The third-order valence-corrected chi connectivity index (χ3v) is 2.92. The Balaban J connectivity index is 1.87. The molecule has 0 aromatic heterocycles. The van der Waals surface area contributed by atoms with Crippen molar-refractivity contribution in [3.05, 3.63) is 35.6 Å². The SMILES string of the molecule is CN(CC1CC1)C(=O)Cc1ccc(F)cc1. The predicted molar refractivity (Wildman–Crippen MR) is 60.5 cm³/mol. The van der Waals surface area contributed by atoms with Crippen molar-refractivity contribution < 1.29 is 9.18 Å². The van der Waals surface area contributed by atoms with Crippen LogP contribution < -0.4 is 0 Å². The van der Waals surface area contributed by atoms with Gasteiger partial charge in [0.15, 0.2) is 0 Å². The first kappa shape index (κ1) is 11.1. The van der Waals surface area contributed by atoms with Gasteiger partial charge < -0.3 is 4.90 Å². The van der Waals surface area contributed by atoms with Gasteiger partial charge in [0.1, 0.15) is 5.82 Å². The van der Waals surface area contributed by atoms with Gasteiger partial charge in [-0.3, -0.25) is 4.79 Å². The predicted octanol–water partition coefficient (Wildman–Crippen LogP) is 2.24. The summed E-state index contributed by atoms with van der Waals surface area (Å²) in [5.74, 6) is 0.559. The molecule has 0 aliphatic heterocycles. The van der Waals surface area contributed by atoms with Gasteiger partial charge in [-0.25, -0.2) is 4.39 Å². The van der Waals surface area contributed by atoms with Gasteiger partial charge in [0, 0.05) is 13.6 Å². The fourth-order valence-corrected chi connectivity index (χ4v) is 1.70. The van der Waals surface area contributed by atoms with Crippen LogP contribution in [0, 0.1) is 11.7 Å². The first-order valence-electron chi connectivity index (χ1n) is 5.63. The molecule has 1 fully saturated rings. The summed E-state index contributed by atoms with van der Waals surface area (Å²) in [6.45, 7) is 0.861. The van der Waals surface area contributed by atoms with Crippen LogP contribution in [0.5, 0.6) is 0 Å². The third kappa shape index (κ3) is 3.05. The van der Waals surface area contributed by atoms with Crippen LogP contribution in [-0.2, 0) is 11.2 Å². The number of likely N-dealkylation sites (N-methyl/N-ethyl adjacent to an activating group) is 1. The molecule has 1 aromatic rings. The second-order valence-corrected chi connectivity index (χ2v) is 4.52. The van der Waals surface area contributed by atoms with E-state index < -0.39 is 0 Å². The molecule has 86 valence electrons. The van der Waals surface area contributed by atoms with Gasteiger partial charge >= 0.3 is 0 Å². The van der Waals surface area contributed by atoms with E-state index >= 15 is 0 Å². The molecule has 1 saturated carbocycles. The fraction of sp³-hybridized carbons (Fsp3) is 0.462. The van der Waals surface area contributed by atoms with Gasteiger partial charge in [-0.1, -0.05) is 12.1 Å². The van der Waals surface area contributed by atoms with E-state index in [2.05, 4.69) is 0 Å². The highest BCUT2D eigenvalue weighted by atomic mass is 19.1. The molecule has 3 heteroatoms. The van der Waals surface area contributed by atoms with Crippen LogP contribution in [0.15, 0.2) is 24.3 Å². The highest BCUT2D eigenvalue weighted by molar-refractivity contribution is 5.78. The normalized spacial score (nSPS) is 14.9. The third-order valence-electron chi connectivity index (χ3n) is 2.92. The number of carbonyl (C=O) groups is 1. The first-order chi connectivity index (χ1) is 7.65. The number of nitrogens with zero attached hydrogens (tertiary/aromatic N) is 1. The summed E-state index contributed by atoms with van der Waals surface area (Å²) in [6.07, 6.45) is 2.85. The van der Waals surface area contributed by atoms with Crippen molar-refractivity contribution in [3.63, 3.8) is 0 Å². The molecule has 0 atom stereocenters. The maximum Gasteiger partial charge on any atom is 0.226 e. The van der Waals surface area contributed by atoms with Crippen molar-refractivity contribution in [1.82, 2.24) is 4.90 Å². The van der Waals surface area contributed by atoms with Gasteiger partial charge in [-0.2, -0.15) is 0 Å². The van der Waals surface area contributed by atoms with E-state index in [1.165, 1.54) is 25.0 Å². The van der Waals surface area contributed by atoms with Crippen molar-refractivity contribution in [3.8, 4) is 0 Å². The molecule has 2 nitrogen and oxygen atoms in total. The minimum Gasteiger partial charge on any atom is -0.345 e. The second-order valence-electron chi connectivity index (χ2n) is 4.52. The van der Waals surface area contributed by atoms with Gasteiger partial charge in [-0.05, 0) is 36.5 Å². The monoisotopic (exact) mass is 221 g/mol. The fourth-order valence-electron chi connectivity index (χ4n) is 1.70. The molecule has 2 rings (SSSR count). The number of hydrogen-bond donors (Lipinski definition) is 0. The zero-order chi connectivity index (χ0) is 11.5. The molecular formula is C13H16FNO. The Morgan fingerprint density at radius 1 is 1.38 bits per heavy atom. The number of amides is 1. The molecule has 0 unspecified atom stereocenters. The molecule has 0 spiro atoms.